The Morgan fingerprint density at radius 2 is 2.00 bits per heavy atom. The third kappa shape index (κ3) is 1.66. The molecule has 0 aliphatic rings. The topological polar surface area (TPSA) is 86.8 Å². The Bertz CT molecular complexity index is 221. The van der Waals surface area contributed by atoms with Gasteiger partial charge in [-0.2, -0.15) is 0 Å². The maximum atomic E-state index is 5.31. The van der Waals surface area contributed by atoms with Crippen LogP contribution in [0.4, 0.5) is 5.95 Å². The average molecular weight is 140 g/mol. The van der Waals surface area contributed by atoms with Gasteiger partial charge in [0.2, 0.25) is 5.95 Å². The van der Waals surface area contributed by atoms with Crippen molar-refractivity contribution in [3.8, 4) is 0 Å². The lowest BCUT2D eigenvalue weighted by Gasteiger charge is -1.96. The van der Waals surface area contributed by atoms with E-state index in [-0.39, 0.29) is 6.15 Å². The van der Waals surface area contributed by atoms with E-state index in [4.69, 9.17) is 5.73 Å². The minimum absolute atomic E-state index is 0. The summed E-state index contributed by atoms with van der Waals surface area (Å²) in [6, 6.07) is 0. The Morgan fingerprint density at radius 1 is 1.40 bits per heavy atom. The van der Waals surface area contributed by atoms with Crippen molar-refractivity contribution in [2.75, 3.05) is 5.73 Å². The summed E-state index contributed by atoms with van der Waals surface area (Å²) in [7, 11) is 0. The molecule has 0 bridgehead atoms. The van der Waals surface area contributed by atoms with E-state index >= 15 is 0 Å². The SMILES string of the molecule is Cc1cnc(N)nc1C.N. The second-order valence-corrected chi connectivity index (χ2v) is 2.00. The summed E-state index contributed by atoms with van der Waals surface area (Å²) in [5.41, 5.74) is 7.33. The van der Waals surface area contributed by atoms with Gasteiger partial charge in [0.1, 0.15) is 0 Å². The van der Waals surface area contributed by atoms with Gasteiger partial charge in [-0.3, -0.25) is 0 Å². The molecule has 56 valence electrons. The largest absolute Gasteiger partial charge is 0.368 e. The van der Waals surface area contributed by atoms with Crippen LogP contribution in [0, 0.1) is 13.8 Å². The second kappa shape index (κ2) is 3.12. The van der Waals surface area contributed by atoms with Gasteiger partial charge in [0.15, 0.2) is 0 Å². The van der Waals surface area contributed by atoms with E-state index in [9.17, 15) is 0 Å². The number of nitrogens with zero attached hydrogens (tertiary/aromatic N) is 2. The van der Waals surface area contributed by atoms with Crippen LogP contribution >= 0.6 is 0 Å². The number of aryl methyl sites for hydroxylation is 2. The molecule has 0 amide bonds. The van der Waals surface area contributed by atoms with Crippen molar-refractivity contribution in [1.29, 1.82) is 0 Å². The van der Waals surface area contributed by atoms with Crippen LogP contribution in [-0.2, 0) is 0 Å². The smallest absolute Gasteiger partial charge is 0.220 e. The first-order valence-corrected chi connectivity index (χ1v) is 2.76. The van der Waals surface area contributed by atoms with Crippen molar-refractivity contribution in [1.82, 2.24) is 16.1 Å². The van der Waals surface area contributed by atoms with Crippen LogP contribution in [0.15, 0.2) is 6.20 Å². The molecule has 1 aromatic heterocycles. The highest BCUT2D eigenvalue weighted by Gasteiger charge is 1.92. The molecule has 1 heterocycles. The van der Waals surface area contributed by atoms with Gasteiger partial charge in [-0.05, 0) is 19.4 Å². The van der Waals surface area contributed by atoms with E-state index in [1.807, 2.05) is 13.8 Å². The van der Waals surface area contributed by atoms with Crippen molar-refractivity contribution in [3.05, 3.63) is 17.5 Å². The van der Waals surface area contributed by atoms with E-state index in [1.165, 1.54) is 0 Å². The van der Waals surface area contributed by atoms with Crippen molar-refractivity contribution in [3.63, 3.8) is 0 Å². The fourth-order valence-corrected chi connectivity index (χ4v) is 0.545. The average Bonchev–Trinajstić information content (AvgIpc) is 1.80. The van der Waals surface area contributed by atoms with E-state index in [2.05, 4.69) is 9.97 Å². The number of anilines is 1. The molecule has 0 saturated heterocycles. The number of nitrogen functional groups attached to an aromatic ring is 1. The molecule has 0 aromatic carbocycles. The Kier molecular flexibility index (Phi) is 2.76. The van der Waals surface area contributed by atoms with E-state index in [0.717, 1.165) is 11.3 Å². The van der Waals surface area contributed by atoms with Gasteiger partial charge >= 0.3 is 0 Å². The lowest BCUT2D eigenvalue weighted by Crippen LogP contribution is -1.97. The van der Waals surface area contributed by atoms with Gasteiger partial charge < -0.3 is 11.9 Å². The standard InChI is InChI=1S/C6H9N3.H3N/c1-4-3-8-6(7)9-5(4)2;/h3H,1-2H3,(H2,7,8,9);1H3. The van der Waals surface area contributed by atoms with Gasteiger partial charge in [0.05, 0.1) is 0 Å². The quantitative estimate of drug-likeness (QED) is 0.559. The number of hydrogen-bond acceptors (Lipinski definition) is 4. The maximum absolute atomic E-state index is 5.31. The number of aromatic nitrogens is 2. The highest BCUT2D eigenvalue weighted by atomic mass is 15.0. The van der Waals surface area contributed by atoms with Gasteiger partial charge in [0.25, 0.3) is 0 Å². The maximum Gasteiger partial charge on any atom is 0.220 e. The molecular weight excluding hydrogens is 128 g/mol. The van der Waals surface area contributed by atoms with Gasteiger partial charge in [0, 0.05) is 11.9 Å². The molecule has 0 spiro atoms. The molecule has 0 atom stereocenters. The van der Waals surface area contributed by atoms with E-state index in [0.29, 0.717) is 5.95 Å². The summed E-state index contributed by atoms with van der Waals surface area (Å²) < 4.78 is 0. The lowest BCUT2D eigenvalue weighted by molar-refractivity contribution is 1.08. The molecule has 10 heavy (non-hydrogen) atoms. The lowest BCUT2D eigenvalue weighted by atomic mass is 10.3. The van der Waals surface area contributed by atoms with Gasteiger partial charge in [-0.1, -0.05) is 0 Å². The Morgan fingerprint density at radius 3 is 2.40 bits per heavy atom. The monoisotopic (exact) mass is 140 g/mol. The van der Waals surface area contributed by atoms with Crippen molar-refractivity contribution >= 4 is 5.95 Å². The third-order valence-corrected chi connectivity index (χ3v) is 1.24. The van der Waals surface area contributed by atoms with Crippen molar-refractivity contribution < 1.29 is 0 Å². The zero-order valence-electron chi connectivity index (χ0n) is 6.26. The molecule has 0 aliphatic heterocycles. The first kappa shape index (κ1) is 8.84. The number of nitrogens with two attached hydrogens (primary N) is 1. The summed E-state index contributed by atoms with van der Waals surface area (Å²) in [6.45, 7) is 3.86. The van der Waals surface area contributed by atoms with Crippen LogP contribution in [0.25, 0.3) is 0 Å². The molecule has 0 unspecified atom stereocenters. The van der Waals surface area contributed by atoms with Crippen molar-refractivity contribution in [2.45, 2.75) is 13.8 Å². The third-order valence-electron chi connectivity index (χ3n) is 1.24. The van der Waals surface area contributed by atoms with Crippen LogP contribution < -0.4 is 11.9 Å². The van der Waals surface area contributed by atoms with Crippen LogP contribution in [0.2, 0.25) is 0 Å². The molecule has 5 N–H and O–H groups in total. The van der Waals surface area contributed by atoms with Crippen LogP contribution in [0.3, 0.4) is 0 Å². The Hall–Kier alpha value is -1.16. The molecule has 4 heteroatoms. The summed E-state index contributed by atoms with van der Waals surface area (Å²) in [5.74, 6) is 0.345. The molecule has 0 radical (unpaired) electrons. The highest BCUT2D eigenvalue weighted by molar-refractivity contribution is 5.22. The first-order chi connectivity index (χ1) is 4.20. The number of rotatable bonds is 0. The molecular formula is C6H12N4. The predicted molar refractivity (Wildman–Crippen MR) is 40.9 cm³/mol. The van der Waals surface area contributed by atoms with Crippen molar-refractivity contribution in [2.24, 2.45) is 0 Å². The Labute approximate surface area is 60.1 Å². The second-order valence-electron chi connectivity index (χ2n) is 2.00. The normalized spacial score (nSPS) is 8.60. The van der Waals surface area contributed by atoms with Gasteiger partial charge in [-0.25, -0.2) is 9.97 Å². The molecule has 1 rings (SSSR count). The highest BCUT2D eigenvalue weighted by Crippen LogP contribution is 2.00. The summed E-state index contributed by atoms with van der Waals surface area (Å²) in [6.07, 6.45) is 1.72. The Balaban J connectivity index is 0.000000810. The minimum Gasteiger partial charge on any atom is -0.368 e. The van der Waals surface area contributed by atoms with Crippen LogP contribution in [-0.4, -0.2) is 9.97 Å². The molecule has 4 nitrogen and oxygen atoms in total. The van der Waals surface area contributed by atoms with Crippen LogP contribution in [0.5, 0.6) is 0 Å². The summed E-state index contributed by atoms with van der Waals surface area (Å²) in [4.78, 5) is 7.75. The predicted octanol–water partition coefficient (Wildman–Crippen LogP) is 0.838. The zero-order chi connectivity index (χ0) is 6.85. The van der Waals surface area contributed by atoms with E-state index < -0.39 is 0 Å². The first-order valence-electron chi connectivity index (χ1n) is 2.76. The van der Waals surface area contributed by atoms with E-state index in [1.54, 1.807) is 6.20 Å². The number of hydrogen-bond donors (Lipinski definition) is 2. The zero-order valence-corrected chi connectivity index (χ0v) is 6.26. The summed E-state index contributed by atoms with van der Waals surface area (Å²) in [5, 5.41) is 0. The fourth-order valence-electron chi connectivity index (χ4n) is 0.545. The molecule has 0 aliphatic carbocycles. The summed E-state index contributed by atoms with van der Waals surface area (Å²) >= 11 is 0. The molecule has 0 saturated carbocycles. The fraction of sp³-hybridized carbons (Fsp3) is 0.333. The van der Waals surface area contributed by atoms with Gasteiger partial charge in [-0.15, -0.1) is 0 Å². The molecule has 1 aromatic rings. The minimum atomic E-state index is 0. The molecule has 0 fully saturated rings. The van der Waals surface area contributed by atoms with Crippen LogP contribution in [0.1, 0.15) is 11.3 Å².